The van der Waals surface area contributed by atoms with Gasteiger partial charge in [0.25, 0.3) is 0 Å². The van der Waals surface area contributed by atoms with Gasteiger partial charge in [-0.25, -0.2) is 0 Å². The Bertz CT molecular complexity index is 616. The Balaban J connectivity index is 2.77. The molecule has 0 saturated heterocycles. The maximum atomic E-state index is 12.6. The van der Waals surface area contributed by atoms with E-state index in [0.717, 1.165) is 12.8 Å². The number of aliphatic carboxylic acids is 1. The fraction of sp³-hybridized carbons (Fsp3) is 0.579. The molecule has 1 saturated carbocycles. The molecule has 0 heterocycles. The smallest absolute Gasteiger partial charge is 0.312 e. The maximum Gasteiger partial charge on any atom is 0.312 e. The predicted molar refractivity (Wildman–Crippen MR) is 92.9 cm³/mol. The molecule has 1 aromatic carbocycles. The molecule has 5 heteroatoms. The Morgan fingerprint density at radius 2 is 1.83 bits per heavy atom. The van der Waals surface area contributed by atoms with Crippen LogP contribution in [-0.4, -0.2) is 17.0 Å². The van der Waals surface area contributed by atoms with Gasteiger partial charge in [0, 0.05) is 0 Å². The first-order valence-electron chi connectivity index (χ1n) is 8.55. The molecule has 1 aromatic rings. The van der Waals surface area contributed by atoms with Crippen molar-refractivity contribution in [2.75, 3.05) is 0 Å². The Labute approximate surface area is 143 Å². The van der Waals surface area contributed by atoms with Crippen LogP contribution in [0.3, 0.4) is 0 Å². The second-order valence-electron chi connectivity index (χ2n) is 7.55. The fourth-order valence-electron chi connectivity index (χ4n) is 4.60. The summed E-state index contributed by atoms with van der Waals surface area (Å²) in [6, 6.07) is 8.72. The molecule has 0 radical (unpaired) electrons. The summed E-state index contributed by atoms with van der Waals surface area (Å²) in [6.07, 6.45) is 2.01. The van der Waals surface area contributed by atoms with Gasteiger partial charge in [-0.2, -0.15) is 0 Å². The van der Waals surface area contributed by atoms with Crippen LogP contribution in [0.4, 0.5) is 0 Å². The molecule has 0 aliphatic heterocycles. The van der Waals surface area contributed by atoms with E-state index in [-0.39, 0.29) is 17.8 Å². The highest BCUT2D eigenvalue weighted by molar-refractivity contribution is 5.94. The largest absolute Gasteiger partial charge is 0.481 e. The lowest BCUT2D eigenvalue weighted by molar-refractivity contribution is -0.172. The van der Waals surface area contributed by atoms with Crippen LogP contribution >= 0.6 is 0 Å². The van der Waals surface area contributed by atoms with E-state index in [2.05, 4.69) is 0 Å². The second kappa shape index (κ2) is 6.55. The van der Waals surface area contributed by atoms with Gasteiger partial charge in [-0.3, -0.25) is 9.59 Å². The molecule has 5 nitrogen and oxygen atoms in total. The number of rotatable bonds is 5. The summed E-state index contributed by atoms with van der Waals surface area (Å²) in [7, 11) is 0. The van der Waals surface area contributed by atoms with E-state index >= 15 is 0 Å². The van der Waals surface area contributed by atoms with Crippen molar-refractivity contribution in [2.24, 2.45) is 34.6 Å². The van der Waals surface area contributed by atoms with Crippen LogP contribution in [0.2, 0.25) is 0 Å². The topological polar surface area (TPSA) is 106 Å². The van der Waals surface area contributed by atoms with Gasteiger partial charge in [-0.05, 0) is 36.2 Å². The maximum absolute atomic E-state index is 12.6. The summed E-state index contributed by atoms with van der Waals surface area (Å²) >= 11 is 0. The average molecular weight is 332 g/mol. The van der Waals surface area contributed by atoms with Crippen molar-refractivity contribution in [2.45, 2.75) is 45.6 Å². The number of benzene rings is 1. The number of nitrogens with two attached hydrogens (primary N) is 2. The highest BCUT2D eigenvalue weighted by atomic mass is 16.4. The zero-order valence-electron chi connectivity index (χ0n) is 14.7. The summed E-state index contributed by atoms with van der Waals surface area (Å²) in [4.78, 5) is 25.1. The summed E-state index contributed by atoms with van der Waals surface area (Å²) in [5.41, 5.74) is 9.66. The van der Waals surface area contributed by atoms with E-state index in [9.17, 15) is 14.7 Å². The first kappa shape index (κ1) is 18.5. The SMILES string of the molecule is CC1CCC(C(C)C)C(C(=O)O)(C(N)(C(N)=O)c2ccccc2)C1. The Morgan fingerprint density at radius 1 is 1.25 bits per heavy atom. The molecular weight excluding hydrogens is 304 g/mol. The summed E-state index contributed by atoms with van der Waals surface area (Å²) in [5.74, 6) is -1.78. The van der Waals surface area contributed by atoms with Crippen LogP contribution in [0.15, 0.2) is 30.3 Å². The molecule has 24 heavy (non-hydrogen) atoms. The molecule has 0 spiro atoms. The summed E-state index contributed by atoms with van der Waals surface area (Å²) in [5, 5.41) is 10.3. The van der Waals surface area contributed by atoms with Gasteiger partial charge in [0.05, 0.1) is 0 Å². The molecule has 0 aromatic heterocycles. The van der Waals surface area contributed by atoms with Crippen LogP contribution in [0.1, 0.15) is 45.6 Å². The first-order valence-corrected chi connectivity index (χ1v) is 8.55. The van der Waals surface area contributed by atoms with Gasteiger partial charge < -0.3 is 16.6 Å². The van der Waals surface area contributed by atoms with Crippen LogP contribution in [0.25, 0.3) is 0 Å². The molecule has 2 rings (SSSR count). The van der Waals surface area contributed by atoms with Crippen molar-refractivity contribution in [1.82, 2.24) is 0 Å². The van der Waals surface area contributed by atoms with Crippen molar-refractivity contribution < 1.29 is 14.7 Å². The Hall–Kier alpha value is -1.88. The molecule has 5 N–H and O–H groups in total. The van der Waals surface area contributed by atoms with Gasteiger partial charge >= 0.3 is 5.97 Å². The second-order valence-corrected chi connectivity index (χ2v) is 7.55. The third-order valence-electron chi connectivity index (χ3n) is 5.78. The van der Waals surface area contributed by atoms with Gasteiger partial charge in [-0.1, -0.05) is 57.5 Å². The normalized spacial score (nSPS) is 29.9. The molecule has 4 unspecified atom stereocenters. The molecule has 1 aliphatic rings. The van der Waals surface area contributed by atoms with E-state index in [1.165, 1.54) is 0 Å². The number of hydrogen-bond donors (Lipinski definition) is 3. The van der Waals surface area contributed by atoms with Crippen molar-refractivity contribution in [3.63, 3.8) is 0 Å². The quantitative estimate of drug-likeness (QED) is 0.770. The molecular formula is C19H28N2O3. The van der Waals surface area contributed by atoms with Crippen molar-refractivity contribution in [3.8, 4) is 0 Å². The lowest BCUT2D eigenvalue weighted by Gasteiger charge is -2.53. The molecule has 1 fully saturated rings. The van der Waals surface area contributed by atoms with Gasteiger partial charge in [-0.15, -0.1) is 0 Å². The molecule has 132 valence electrons. The first-order chi connectivity index (χ1) is 11.2. The number of primary amides is 1. The molecule has 0 bridgehead atoms. The number of carbonyl (C=O) groups excluding carboxylic acids is 1. The Kier molecular flexibility index (Phi) is 5.04. The van der Waals surface area contributed by atoms with E-state index in [4.69, 9.17) is 11.5 Å². The lowest BCUT2D eigenvalue weighted by atomic mass is 9.50. The Morgan fingerprint density at radius 3 is 2.29 bits per heavy atom. The van der Waals surface area contributed by atoms with Gasteiger partial charge in [0.1, 0.15) is 11.0 Å². The molecule has 1 amide bonds. The third kappa shape index (κ3) is 2.61. The predicted octanol–water partition coefficient (Wildman–Crippen LogP) is 2.49. The van der Waals surface area contributed by atoms with Crippen molar-refractivity contribution in [3.05, 3.63) is 35.9 Å². The zero-order chi connectivity index (χ0) is 18.1. The van der Waals surface area contributed by atoms with E-state index in [1.807, 2.05) is 26.8 Å². The van der Waals surface area contributed by atoms with E-state index in [1.54, 1.807) is 24.3 Å². The number of carboxylic acid groups (broad SMARTS) is 1. The average Bonchev–Trinajstić information content (AvgIpc) is 2.53. The van der Waals surface area contributed by atoms with E-state index in [0.29, 0.717) is 12.0 Å². The third-order valence-corrected chi connectivity index (χ3v) is 5.78. The van der Waals surface area contributed by atoms with Crippen LogP contribution < -0.4 is 11.5 Å². The van der Waals surface area contributed by atoms with Crippen molar-refractivity contribution >= 4 is 11.9 Å². The highest BCUT2D eigenvalue weighted by Crippen LogP contribution is 2.56. The molecule has 4 atom stereocenters. The zero-order valence-corrected chi connectivity index (χ0v) is 14.7. The van der Waals surface area contributed by atoms with Crippen molar-refractivity contribution in [1.29, 1.82) is 0 Å². The van der Waals surface area contributed by atoms with E-state index < -0.39 is 22.8 Å². The number of amides is 1. The number of carbonyl (C=O) groups is 2. The summed E-state index contributed by atoms with van der Waals surface area (Å²) in [6.45, 7) is 6.00. The fourth-order valence-corrected chi connectivity index (χ4v) is 4.60. The van der Waals surface area contributed by atoms with Crippen LogP contribution in [0, 0.1) is 23.2 Å². The summed E-state index contributed by atoms with van der Waals surface area (Å²) < 4.78 is 0. The number of carboxylic acids is 1. The minimum atomic E-state index is -1.75. The standard InChI is InChI=1S/C19H28N2O3/c1-12(2)15-10-9-13(3)11-18(15,17(23)24)19(21,16(20)22)14-7-5-4-6-8-14/h4-8,12-13,15H,9-11,21H2,1-3H3,(H2,20,22)(H,23,24). The van der Waals surface area contributed by atoms with Gasteiger partial charge in [0.15, 0.2) is 0 Å². The minimum Gasteiger partial charge on any atom is -0.481 e. The molecule has 1 aliphatic carbocycles. The van der Waals surface area contributed by atoms with Crippen LogP contribution in [0.5, 0.6) is 0 Å². The lowest BCUT2D eigenvalue weighted by Crippen LogP contribution is -2.68. The highest BCUT2D eigenvalue weighted by Gasteiger charge is 2.64. The minimum absolute atomic E-state index is 0.0830. The monoisotopic (exact) mass is 332 g/mol. The van der Waals surface area contributed by atoms with Gasteiger partial charge in [0.2, 0.25) is 5.91 Å². The number of hydrogen-bond acceptors (Lipinski definition) is 3. The van der Waals surface area contributed by atoms with Crippen LogP contribution in [-0.2, 0) is 15.1 Å².